The van der Waals surface area contributed by atoms with E-state index in [2.05, 4.69) is 50.8 Å². The molecule has 0 N–H and O–H groups in total. The SMILES string of the molecule is C=CCOC1CC(CCc2ccc3cccnc3n2)C1.O=CCOC1CC(CCc2ccc3cccnc3n2)C1. The van der Waals surface area contributed by atoms with E-state index in [-0.39, 0.29) is 12.7 Å². The molecule has 2 aliphatic rings. The van der Waals surface area contributed by atoms with E-state index >= 15 is 0 Å². The molecule has 2 saturated carbocycles. The molecule has 2 aliphatic carbocycles. The van der Waals surface area contributed by atoms with Gasteiger partial charge in [0.25, 0.3) is 0 Å². The predicted octanol–water partition coefficient (Wildman–Crippen LogP) is 6.10. The average Bonchev–Trinajstić information content (AvgIpc) is 2.95. The maximum atomic E-state index is 10.2. The second-order valence-corrected chi connectivity index (χ2v) is 10.8. The van der Waals surface area contributed by atoms with E-state index in [1.165, 1.54) is 19.3 Å². The van der Waals surface area contributed by atoms with Gasteiger partial charge in [-0.2, -0.15) is 0 Å². The Bertz CT molecular complexity index is 1290. The quantitative estimate of drug-likeness (QED) is 0.159. The summed E-state index contributed by atoms with van der Waals surface area (Å²) in [5.74, 6) is 1.49. The van der Waals surface area contributed by atoms with Gasteiger partial charge in [-0.1, -0.05) is 6.08 Å². The van der Waals surface area contributed by atoms with E-state index in [0.29, 0.717) is 18.6 Å². The van der Waals surface area contributed by atoms with Crippen molar-refractivity contribution >= 4 is 28.4 Å². The molecule has 7 heteroatoms. The van der Waals surface area contributed by atoms with E-state index in [1.807, 2.05) is 30.3 Å². The number of hydrogen-bond donors (Lipinski definition) is 0. The molecule has 6 rings (SSSR count). The lowest BCUT2D eigenvalue weighted by molar-refractivity contribution is -0.117. The number of aromatic nitrogens is 4. The average molecular weight is 539 g/mol. The van der Waals surface area contributed by atoms with Gasteiger partial charge in [0.2, 0.25) is 0 Å². The van der Waals surface area contributed by atoms with Crippen molar-refractivity contribution in [2.45, 2.75) is 63.6 Å². The fraction of sp³-hybridized carbons (Fsp3) is 0.424. The lowest BCUT2D eigenvalue weighted by Gasteiger charge is -2.34. The number of hydrogen-bond acceptors (Lipinski definition) is 7. The van der Waals surface area contributed by atoms with Crippen molar-refractivity contribution in [1.29, 1.82) is 0 Å². The van der Waals surface area contributed by atoms with Crippen molar-refractivity contribution in [2.75, 3.05) is 13.2 Å². The van der Waals surface area contributed by atoms with Crippen LogP contribution in [0.15, 0.2) is 73.6 Å². The van der Waals surface area contributed by atoms with E-state index in [9.17, 15) is 4.79 Å². The Morgan fingerprint density at radius 2 is 1.23 bits per heavy atom. The first-order chi connectivity index (χ1) is 19.7. The van der Waals surface area contributed by atoms with Crippen LogP contribution in [-0.4, -0.2) is 51.6 Å². The number of rotatable bonds is 12. The van der Waals surface area contributed by atoms with Crippen molar-refractivity contribution in [3.63, 3.8) is 0 Å². The van der Waals surface area contributed by atoms with E-state index in [0.717, 1.165) is 77.8 Å². The van der Waals surface area contributed by atoms with E-state index < -0.39 is 0 Å². The minimum Gasteiger partial charge on any atom is -0.374 e. The van der Waals surface area contributed by atoms with Gasteiger partial charge in [-0.3, -0.25) is 0 Å². The Labute approximate surface area is 236 Å². The van der Waals surface area contributed by atoms with Crippen LogP contribution in [0, 0.1) is 11.8 Å². The molecule has 0 aliphatic heterocycles. The van der Waals surface area contributed by atoms with Gasteiger partial charge in [-0.25, -0.2) is 19.9 Å². The zero-order valence-corrected chi connectivity index (χ0v) is 23.0. The van der Waals surface area contributed by atoms with Gasteiger partial charge in [-0.15, -0.1) is 6.58 Å². The molecule has 2 fully saturated rings. The number of carbonyl (C=O) groups excluding carboxylic acids is 1. The van der Waals surface area contributed by atoms with Crippen molar-refractivity contribution < 1.29 is 14.3 Å². The summed E-state index contributed by atoms with van der Waals surface area (Å²) >= 11 is 0. The molecule has 0 bridgehead atoms. The lowest BCUT2D eigenvalue weighted by atomic mass is 9.79. The molecule has 208 valence electrons. The van der Waals surface area contributed by atoms with Crippen LogP contribution in [0.2, 0.25) is 0 Å². The van der Waals surface area contributed by atoms with Gasteiger partial charge in [0, 0.05) is 34.6 Å². The minimum atomic E-state index is 0.231. The number of aryl methyl sites for hydroxylation is 2. The first-order valence-electron chi connectivity index (χ1n) is 14.4. The van der Waals surface area contributed by atoms with Crippen LogP contribution in [0.3, 0.4) is 0 Å². The number of pyridine rings is 4. The molecule has 4 heterocycles. The highest BCUT2D eigenvalue weighted by atomic mass is 16.5. The smallest absolute Gasteiger partial charge is 0.159 e. The van der Waals surface area contributed by atoms with Gasteiger partial charge in [-0.05, 0) is 112 Å². The minimum absolute atomic E-state index is 0.231. The van der Waals surface area contributed by atoms with Crippen LogP contribution in [0.1, 0.15) is 49.9 Å². The number of ether oxygens (including phenoxy) is 2. The molecule has 0 amide bonds. The Morgan fingerprint density at radius 3 is 1.70 bits per heavy atom. The maximum Gasteiger partial charge on any atom is 0.159 e. The molecule has 0 unspecified atom stereocenters. The third kappa shape index (κ3) is 7.77. The van der Waals surface area contributed by atoms with Gasteiger partial charge in [0.1, 0.15) is 12.9 Å². The fourth-order valence-corrected chi connectivity index (χ4v) is 5.44. The molecule has 0 atom stereocenters. The summed E-state index contributed by atoms with van der Waals surface area (Å²) in [6.07, 6.45) is 15.8. The summed E-state index contributed by atoms with van der Waals surface area (Å²) < 4.78 is 11.0. The Morgan fingerprint density at radius 1 is 0.725 bits per heavy atom. The van der Waals surface area contributed by atoms with Crippen molar-refractivity contribution in [1.82, 2.24) is 19.9 Å². The van der Waals surface area contributed by atoms with Crippen LogP contribution >= 0.6 is 0 Å². The highest BCUT2D eigenvalue weighted by molar-refractivity contribution is 5.74. The van der Waals surface area contributed by atoms with Crippen molar-refractivity contribution in [3.05, 3.63) is 85.0 Å². The first kappa shape index (κ1) is 28.0. The number of carbonyl (C=O) groups is 1. The molecule has 0 radical (unpaired) electrons. The van der Waals surface area contributed by atoms with Crippen LogP contribution < -0.4 is 0 Å². The standard InChI is InChI=1S/C17H20N2O.C16H18N2O2/c1-2-10-20-16-11-13(12-16)5-7-15-8-6-14-4-3-9-18-17(14)19-15;19-8-9-20-15-10-12(11-15)3-5-14-6-4-13-2-1-7-17-16(13)18-14/h2-4,6,8-9,13,16H,1,5,7,10-12H2;1-2,4,6-8,12,15H,3,5,9-11H2. The number of aldehydes is 1. The third-order valence-corrected chi connectivity index (χ3v) is 7.90. The highest BCUT2D eigenvalue weighted by Crippen LogP contribution is 2.34. The summed E-state index contributed by atoms with van der Waals surface area (Å²) in [5, 5.41) is 2.19. The lowest BCUT2D eigenvalue weighted by Crippen LogP contribution is -2.32. The molecule has 0 spiro atoms. The maximum absolute atomic E-state index is 10.2. The summed E-state index contributed by atoms with van der Waals surface area (Å²) in [4.78, 5) is 28.0. The fourth-order valence-electron chi connectivity index (χ4n) is 5.44. The van der Waals surface area contributed by atoms with Crippen molar-refractivity contribution in [3.8, 4) is 0 Å². The molecule has 40 heavy (non-hydrogen) atoms. The Balaban J connectivity index is 0.000000161. The van der Waals surface area contributed by atoms with E-state index in [4.69, 9.17) is 9.47 Å². The summed E-state index contributed by atoms with van der Waals surface area (Å²) in [7, 11) is 0. The first-order valence-corrected chi connectivity index (χ1v) is 14.4. The van der Waals surface area contributed by atoms with Crippen LogP contribution in [-0.2, 0) is 27.1 Å². The molecular formula is C33H38N4O3. The molecule has 0 aromatic carbocycles. The normalized spacial score (nSPS) is 21.6. The Hall–Kier alpha value is -3.55. The number of nitrogens with zero attached hydrogens (tertiary/aromatic N) is 4. The molecule has 4 aromatic heterocycles. The van der Waals surface area contributed by atoms with Gasteiger partial charge in [0.05, 0.1) is 18.8 Å². The van der Waals surface area contributed by atoms with Crippen molar-refractivity contribution in [2.24, 2.45) is 11.8 Å². The highest BCUT2D eigenvalue weighted by Gasteiger charge is 2.30. The van der Waals surface area contributed by atoms with E-state index in [1.54, 1.807) is 12.4 Å². The summed E-state index contributed by atoms with van der Waals surface area (Å²) in [5.41, 5.74) is 3.93. The summed E-state index contributed by atoms with van der Waals surface area (Å²) in [6, 6.07) is 16.4. The largest absolute Gasteiger partial charge is 0.374 e. The Kier molecular flexibility index (Phi) is 9.93. The second kappa shape index (κ2) is 14.2. The van der Waals surface area contributed by atoms with Gasteiger partial charge >= 0.3 is 0 Å². The summed E-state index contributed by atoms with van der Waals surface area (Å²) in [6.45, 7) is 4.58. The second-order valence-electron chi connectivity index (χ2n) is 10.8. The topological polar surface area (TPSA) is 87.1 Å². The number of fused-ring (bicyclic) bond motifs is 2. The van der Waals surface area contributed by atoms with Crippen LogP contribution in [0.25, 0.3) is 22.1 Å². The van der Waals surface area contributed by atoms with Gasteiger partial charge < -0.3 is 14.3 Å². The van der Waals surface area contributed by atoms with Gasteiger partial charge in [0.15, 0.2) is 11.3 Å². The zero-order valence-electron chi connectivity index (χ0n) is 23.0. The molecule has 0 saturated heterocycles. The molecule has 7 nitrogen and oxygen atoms in total. The van der Waals surface area contributed by atoms with Crippen LogP contribution in [0.5, 0.6) is 0 Å². The predicted molar refractivity (Wildman–Crippen MR) is 157 cm³/mol. The molecular weight excluding hydrogens is 500 g/mol. The monoisotopic (exact) mass is 538 g/mol. The zero-order chi connectivity index (χ0) is 27.6. The molecule has 4 aromatic rings. The third-order valence-electron chi connectivity index (χ3n) is 7.90. The van der Waals surface area contributed by atoms with Crippen LogP contribution in [0.4, 0.5) is 0 Å².